The molecule has 24 heavy (non-hydrogen) atoms. The third-order valence-electron chi connectivity index (χ3n) is 4.54. The molecule has 3 rings (SSSR count). The summed E-state index contributed by atoms with van der Waals surface area (Å²) in [5.74, 6) is 2.70. The van der Waals surface area contributed by atoms with Crippen LogP contribution in [0.2, 0.25) is 0 Å². The highest BCUT2D eigenvalue weighted by molar-refractivity contribution is 5.52. The molecule has 2 aromatic carbocycles. The van der Waals surface area contributed by atoms with Gasteiger partial charge in [0.25, 0.3) is 0 Å². The topological polar surface area (TPSA) is 39.7 Å². The summed E-state index contributed by atoms with van der Waals surface area (Å²) < 4.78 is 16.8. The van der Waals surface area contributed by atoms with Crippen molar-refractivity contribution in [2.24, 2.45) is 0 Å². The lowest BCUT2D eigenvalue weighted by Crippen LogP contribution is -2.31. The smallest absolute Gasteiger partial charge is 0.124 e. The molecule has 128 valence electrons. The standard InChI is InChI=1S/C20H25NO3/c1-5-24-15-6-7-16-14(11-15)8-9-21-20(16)17-12-18(22-3)13(2)10-19(17)23-4/h6-7,10-12,20-21H,5,8-9H2,1-4H3. The number of ether oxygens (including phenoxy) is 3. The second kappa shape index (κ2) is 7.14. The fourth-order valence-corrected chi connectivity index (χ4v) is 3.37. The first-order chi connectivity index (χ1) is 11.7. The molecule has 1 heterocycles. The lowest BCUT2D eigenvalue weighted by molar-refractivity contribution is 0.339. The van der Waals surface area contributed by atoms with Crippen LogP contribution in [0.5, 0.6) is 17.2 Å². The van der Waals surface area contributed by atoms with Gasteiger partial charge in [0.05, 0.1) is 26.9 Å². The minimum absolute atomic E-state index is 0.0916. The molecule has 4 nitrogen and oxygen atoms in total. The number of aryl methyl sites for hydroxylation is 1. The van der Waals surface area contributed by atoms with Gasteiger partial charge in [-0.1, -0.05) is 6.07 Å². The number of hydrogen-bond acceptors (Lipinski definition) is 4. The number of nitrogens with one attached hydrogen (secondary N) is 1. The lowest BCUT2D eigenvalue weighted by atomic mass is 9.88. The normalized spacial score (nSPS) is 16.4. The van der Waals surface area contributed by atoms with Crippen LogP contribution in [0.4, 0.5) is 0 Å². The van der Waals surface area contributed by atoms with Crippen molar-refractivity contribution in [2.45, 2.75) is 26.3 Å². The molecule has 0 fully saturated rings. The van der Waals surface area contributed by atoms with Gasteiger partial charge in [-0.05, 0) is 61.2 Å². The molecule has 4 heteroatoms. The summed E-state index contributed by atoms with van der Waals surface area (Å²) in [6.45, 7) is 5.64. The minimum Gasteiger partial charge on any atom is -0.496 e. The van der Waals surface area contributed by atoms with Crippen molar-refractivity contribution in [2.75, 3.05) is 27.4 Å². The molecule has 1 unspecified atom stereocenters. The SMILES string of the molecule is CCOc1ccc2c(c1)CCNC2c1cc(OC)c(C)cc1OC. The van der Waals surface area contributed by atoms with Crippen molar-refractivity contribution in [3.05, 3.63) is 52.6 Å². The van der Waals surface area contributed by atoms with E-state index in [1.54, 1.807) is 14.2 Å². The summed E-state index contributed by atoms with van der Waals surface area (Å²) in [6, 6.07) is 10.6. The summed E-state index contributed by atoms with van der Waals surface area (Å²) in [5, 5.41) is 3.61. The Labute approximate surface area is 143 Å². The predicted molar refractivity (Wildman–Crippen MR) is 95.4 cm³/mol. The second-order valence-electron chi connectivity index (χ2n) is 5.99. The number of benzene rings is 2. The Morgan fingerprint density at radius 1 is 1.04 bits per heavy atom. The zero-order valence-electron chi connectivity index (χ0n) is 14.8. The highest BCUT2D eigenvalue weighted by atomic mass is 16.5. The van der Waals surface area contributed by atoms with E-state index >= 15 is 0 Å². The van der Waals surface area contributed by atoms with Gasteiger partial charge in [-0.3, -0.25) is 0 Å². The van der Waals surface area contributed by atoms with Crippen molar-refractivity contribution in [1.29, 1.82) is 0 Å². The van der Waals surface area contributed by atoms with Gasteiger partial charge in [0.15, 0.2) is 0 Å². The number of methoxy groups -OCH3 is 2. The average Bonchev–Trinajstić information content (AvgIpc) is 2.61. The van der Waals surface area contributed by atoms with Gasteiger partial charge in [0.2, 0.25) is 0 Å². The van der Waals surface area contributed by atoms with Crippen molar-refractivity contribution in [1.82, 2.24) is 5.32 Å². The van der Waals surface area contributed by atoms with Crippen LogP contribution in [-0.2, 0) is 6.42 Å². The fourth-order valence-electron chi connectivity index (χ4n) is 3.37. The van der Waals surface area contributed by atoms with Gasteiger partial charge in [-0.15, -0.1) is 0 Å². The van der Waals surface area contributed by atoms with Crippen LogP contribution >= 0.6 is 0 Å². The molecule has 0 saturated carbocycles. The summed E-state index contributed by atoms with van der Waals surface area (Å²) in [4.78, 5) is 0. The Kier molecular flexibility index (Phi) is 4.95. The van der Waals surface area contributed by atoms with Crippen molar-refractivity contribution in [3.8, 4) is 17.2 Å². The lowest BCUT2D eigenvalue weighted by Gasteiger charge is -2.29. The molecule has 0 bridgehead atoms. The average molecular weight is 327 g/mol. The zero-order chi connectivity index (χ0) is 17.1. The molecule has 0 radical (unpaired) electrons. The summed E-state index contributed by atoms with van der Waals surface area (Å²) >= 11 is 0. The Bertz CT molecular complexity index is 727. The number of rotatable bonds is 5. The highest BCUT2D eigenvalue weighted by Crippen LogP contribution is 2.38. The van der Waals surface area contributed by atoms with E-state index in [1.165, 1.54) is 11.1 Å². The van der Waals surface area contributed by atoms with E-state index in [-0.39, 0.29) is 6.04 Å². The second-order valence-corrected chi connectivity index (χ2v) is 5.99. The maximum Gasteiger partial charge on any atom is 0.124 e. The summed E-state index contributed by atoms with van der Waals surface area (Å²) in [6.07, 6.45) is 0.998. The first kappa shape index (κ1) is 16.7. The molecule has 0 saturated heterocycles. The van der Waals surface area contributed by atoms with E-state index in [1.807, 2.05) is 26.0 Å². The Hall–Kier alpha value is -2.20. The maximum atomic E-state index is 5.64. The molecular weight excluding hydrogens is 302 g/mol. The van der Waals surface area contributed by atoms with Crippen molar-refractivity contribution in [3.63, 3.8) is 0 Å². The molecule has 0 aromatic heterocycles. The predicted octanol–water partition coefficient (Wildman–Crippen LogP) is 3.65. The Morgan fingerprint density at radius 3 is 2.54 bits per heavy atom. The van der Waals surface area contributed by atoms with Crippen LogP contribution in [0, 0.1) is 6.92 Å². The molecule has 0 aliphatic carbocycles. The quantitative estimate of drug-likeness (QED) is 0.910. The van der Waals surface area contributed by atoms with Gasteiger partial charge in [-0.25, -0.2) is 0 Å². The largest absolute Gasteiger partial charge is 0.496 e. The first-order valence-electron chi connectivity index (χ1n) is 8.39. The number of fused-ring (bicyclic) bond motifs is 1. The molecule has 1 N–H and O–H groups in total. The van der Waals surface area contributed by atoms with E-state index in [2.05, 4.69) is 23.5 Å². The van der Waals surface area contributed by atoms with Crippen LogP contribution in [0.1, 0.15) is 35.2 Å². The van der Waals surface area contributed by atoms with Gasteiger partial charge in [0.1, 0.15) is 17.2 Å². The van der Waals surface area contributed by atoms with Gasteiger partial charge in [-0.2, -0.15) is 0 Å². The first-order valence-corrected chi connectivity index (χ1v) is 8.39. The summed E-state index contributed by atoms with van der Waals surface area (Å²) in [5.41, 5.74) is 4.77. The zero-order valence-corrected chi connectivity index (χ0v) is 14.8. The van der Waals surface area contributed by atoms with Crippen LogP contribution in [0.3, 0.4) is 0 Å². The van der Waals surface area contributed by atoms with Crippen molar-refractivity contribution < 1.29 is 14.2 Å². The van der Waals surface area contributed by atoms with E-state index in [0.29, 0.717) is 6.61 Å². The fraction of sp³-hybridized carbons (Fsp3) is 0.400. The van der Waals surface area contributed by atoms with Crippen LogP contribution in [-0.4, -0.2) is 27.4 Å². The Balaban J connectivity index is 2.06. The van der Waals surface area contributed by atoms with E-state index in [0.717, 1.165) is 41.3 Å². The van der Waals surface area contributed by atoms with Crippen molar-refractivity contribution >= 4 is 0 Å². The third kappa shape index (κ3) is 3.06. The van der Waals surface area contributed by atoms with Crippen LogP contribution in [0.15, 0.2) is 30.3 Å². The van der Waals surface area contributed by atoms with Gasteiger partial charge in [0, 0.05) is 12.1 Å². The van der Waals surface area contributed by atoms with Crippen LogP contribution in [0.25, 0.3) is 0 Å². The molecule has 0 amide bonds. The molecule has 1 aliphatic heterocycles. The molecule has 1 aliphatic rings. The molecular formula is C20H25NO3. The third-order valence-corrected chi connectivity index (χ3v) is 4.54. The van der Waals surface area contributed by atoms with E-state index in [9.17, 15) is 0 Å². The minimum atomic E-state index is 0.0916. The Morgan fingerprint density at radius 2 is 1.83 bits per heavy atom. The van der Waals surface area contributed by atoms with E-state index < -0.39 is 0 Å². The van der Waals surface area contributed by atoms with Gasteiger partial charge >= 0.3 is 0 Å². The van der Waals surface area contributed by atoms with E-state index in [4.69, 9.17) is 14.2 Å². The number of hydrogen-bond donors (Lipinski definition) is 1. The summed E-state index contributed by atoms with van der Waals surface area (Å²) in [7, 11) is 3.42. The van der Waals surface area contributed by atoms with Crippen LogP contribution < -0.4 is 19.5 Å². The molecule has 0 spiro atoms. The van der Waals surface area contributed by atoms with Gasteiger partial charge < -0.3 is 19.5 Å². The molecule has 2 aromatic rings. The monoisotopic (exact) mass is 327 g/mol. The highest BCUT2D eigenvalue weighted by Gasteiger charge is 2.25. The molecule has 1 atom stereocenters. The maximum absolute atomic E-state index is 5.64.